The minimum Gasteiger partial charge on any atom is -0.326 e. The van der Waals surface area contributed by atoms with Gasteiger partial charge >= 0.3 is 0 Å². The first-order valence-electron chi connectivity index (χ1n) is 10.6. The third-order valence-electron chi connectivity index (χ3n) is 5.84. The van der Waals surface area contributed by atoms with E-state index in [-0.39, 0.29) is 12.3 Å². The molecular weight excluding hydrogens is 392 g/mol. The SMILES string of the molecule is Cc1nc2ncnn2c(C)c1CC(=O)Nc1cccc(-c2nnc3n2CCCCC3)c1. The van der Waals surface area contributed by atoms with Crippen molar-refractivity contribution in [3.05, 3.63) is 53.4 Å². The summed E-state index contributed by atoms with van der Waals surface area (Å²) in [6, 6.07) is 7.79. The topological polar surface area (TPSA) is 103 Å². The summed E-state index contributed by atoms with van der Waals surface area (Å²) in [6.45, 7) is 4.75. The van der Waals surface area contributed by atoms with Gasteiger partial charge in [0.2, 0.25) is 5.91 Å². The van der Waals surface area contributed by atoms with Crippen LogP contribution in [0.15, 0.2) is 30.6 Å². The molecule has 1 aromatic carbocycles. The summed E-state index contributed by atoms with van der Waals surface area (Å²) in [6.07, 6.45) is 6.15. The zero-order valence-electron chi connectivity index (χ0n) is 17.7. The normalized spacial score (nSPS) is 13.7. The second-order valence-electron chi connectivity index (χ2n) is 7.94. The number of hydrogen-bond donors (Lipinski definition) is 1. The van der Waals surface area contributed by atoms with Crippen molar-refractivity contribution < 1.29 is 4.79 Å². The molecule has 0 fully saturated rings. The van der Waals surface area contributed by atoms with Gasteiger partial charge in [-0.3, -0.25) is 4.79 Å². The Hall–Kier alpha value is -3.62. The summed E-state index contributed by atoms with van der Waals surface area (Å²) >= 11 is 0. The molecule has 158 valence electrons. The van der Waals surface area contributed by atoms with Crippen molar-refractivity contribution in [3.63, 3.8) is 0 Å². The highest BCUT2D eigenvalue weighted by molar-refractivity contribution is 5.93. The fraction of sp³-hybridized carbons (Fsp3) is 0.364. The highest BCUT2D eigenvalue weighted by atomic mass is 16.1. The first-order chi connectivity index (χ1) is 15.1. The average molecular weight is 416 g/mol. The van der Waals surface area contributed by atoms with Crippen LogP contribution in [0.3, 0.4) is 0 Å². The number of amides is 1. The lowest BCUT2D eigenvalue weighted by Crippen LogP contribution is -2.17. The van der Waals surface area contributed by atoms with Crippen LogP contribution in [-0.4, -0.2) is 40.3 Å². The monoisotopic (exact) mass is 416 g/mol. The zero-order valence-corrected chi connectivity index (χ0v) is 17.7. The fourth-order valence-electron chi connectivity index (χ4n) is 4.21. The van der Waals surface area contributed by atoms with Gasteiger partial charge in [-0.15, -0.1) is 10.2 Å². The fourth-order valence-corrected chi connectivity index (χ4v) is 4.21. The molecule has 0 aliphatic carbocycles. The molecule has 0 bridgehead atoms. The summed E-state index contributed by atoms with van der Waals surface area (Å²) in [5, 5.41) is 16.0. The van der Waals surface area contributed by atoms with Crippen molar-refractivity contribution in [1.29, 1.82) is 0 Å². The van der Waals surface area contributed by atoms with Crippen LogP contribution < -0.4 is 5.32 Å². The maximum Gasteiger partial charge on any atom is 0.252 e. The number of aromatic nitrogens is 7. The van der Waals surface area contributed by atoms with Crippen molar-refractivity contribution in [3.8, 4) is 11.4 Å². The van der Waals surface area contributed by atoms with E-state index in [0.29, 0.717) is 5.78 Å². The smallest absolute Gasteiger partial charge is 0.252 e. The Morgan fingerprint density at radius 3 is 2.97 bits per heavy atom. The molecule has 0 saturated carbocycles. The van der Waals surface area contributed by atoms with Gasteiger partial charge in [0.1, 0.15) is 12.2 Å². The van der Waals surface area contributed by atoms with Crippen LogP contribution >= 0.6 is 0 Å². The molecule has 1 aliphatic heterocycles. The number of fused-ring (bicyclic) bond motifs is 2. The van der Waals surface area contributed by atoms with Crippen molar-refractivity contribution >= 4 is 17.4 Å². The van der Waals surface area contributed by atoms with Gasteiger partial charge in [-0.2, -0.15) is 10.1 Å². The number of nitrogens with one attached hydrogen (secondary N) is 1. The molecule has 4 heterocycles. The Balaban J connectivity index is 1.37. The molecule has 0 saturated heterocycles. The maximum absolute atomic E-state index is 12.8. The Morgan fingerprint density at radius 2 is 2.06 bits per heavy atom. The number of anilines is 1. The molecule has 1 N–H and O–H groups in total. The standard InChI is InChI=1S/C22H24N8O/c1-14-18(15(2)30-22(25-14)23-13-24-30)12-20(31)26-17-8-6-7-16(11-17)21-28-27-19-9-4-3-5-10-29(19)21/h6-8,11,13H,3-5,9-10,12H2,1-2H3,(H,26,31). The Kier molecular flexibility index (Phi) is 4.93. The third kappa shape index (κ3) is 3.67. The van der Waals surface area contributed by atoms with E-state index >= 15 is 0 Å². The lowest BCUT2D eigenvalue weighted by Gasteiger charge is -2.12. The van der Waals surface area contributed by atoms with Crippen molar-refractivity contribution in [2.75, 3.05) is 5.32 Å². The van der Waals surface area contributed by atoms with Gasteiger partial charge in [-0.05, 0) is 38.8 Å². The summed E-state index contributed by atoms with van der Waals surface area (Å²) in [5.41, 5.74) is 4.20. The molecule has 1 amide bonds. The van der Waals surface area contributed by atoms with Crippen molar-refractivity contribution in [2.24, 2.45) is 0 Å². The van der Waals surface area contributed by atoms with Crippen LogP contribution in [0.5, 0.6) is 0 Å². The van der Waals surface area contributed by atoms with Crippen molar-refractivity contribution in [1.82, 2.24) is 34.3 Å². The van der Waals surface area contributed by atoms with E-state index in [4.69, 9.17) is 0 Å². The van der Waals surface area contributed by atoms with E-state index in [0.717, 1.165) is 65.7 Å². The molecule has 0 atom stereocenters. The molecule has 1 aliphatic rings. The van der Waals surface area contributed by atoms with Crippen LogP contribution in [0.25, 0.3) is 17.2 Å². The zero-order chi connectivity index (χ0) is 21.4. The molecule has 9 nitrogen and oxygen atoms in total. The number of benzene rings is 1. The Labute approximate surface area is 179 Å². The van der Waals surface area contributed by atoms with E-state index in [1.54, 1.807) is 4.52 Å². The van der Waals surface area contributed by atoms with E-state index in [1.165, 1.54) is 12.7 Å². The molecule has 4 aromatic rings. The number of carbonyl (C=O) groups excluding carboxylic acids is 1. The van der Waals surface area contributed by atoms with Gasteiger partial charge in [-0.1, -0.05) is 18.6 Å². The molecule has 9 heteroatoms. The first kappa shape index (κ1) is 19.3. The van der Waals surface area contributed by atoms with Gasteiger partial charge in [-0.25, -0.2) is 9.50 Å². The van der Waals surface area contributed by atoms with Gasteiger partial charge in [0, 0.05) is 41.2 Å². The summed E-state index contributed by atoms with van der Waals surface area (Å²) in [5.74, 6) is 2.34. The Bertz CT molecular complexity index is 1270. The number of aryl methyl sites for hydroxylation is 3. The molecule has 3 aromatic heterocycles. The highest BCUT2D eigenvalue weighted by Crippen LogP contribution is 2.25. The maximum atomic E-state index is 12.8. The van der Waals surface area contributed by atoms with Crippen LogP contribution in [0.1, 0.15) is 42.0 Å². The largest absolute Gasteiger partial charge is 0.326 e. The first-order valence-corrected chi connectivity index (χ1v) is 10.6. The summed E-state index contributed by atoms with van der Waals surface area (Å²) in [4.78, 5) is 21.4. The van der Waals surface area contributed by atoms with Gasteiger partial charge in [0.25, 0.3) is 5.78 Å². The van der Waals surface area contributed by atoms with Crippen LogP contribution in [-0.2, 0) is 24.2 Å². The Morgan fingerprint density at radius 1 is 1.16 bits per heavy atom. The van der Waals surface area contributed by atoms with E-state index in [9.17, 15) is 4.79 Å². The van der Waals surface area contributed by atoms with E-state index < -0.39 is 0 Å². The van der Waals surface area contributed by atoms with Gasteiger partial charge in [0.05, 0.1) is 6.42 Å². The molecule has 5 rings (SSSR count). The number of carbonyl (C=O) groups is 1. The summed E-state index contributed by atoms with van der Waals surface area (Å²) < 4.78 is 3.87. The van der Waals surface area contributed by atoms with Crippen LogP contribution in [0, 0.1) is 13.8 Å². The number of nitrogens with zero attached hydrogens (tertiary/aromatic N) is 7. The van der Waals surface area contributed by atoms with Crippen LogP contribution in [0.2, 0.25) is 0 Å². The quantitative estimate of drug-likeness (QED) is 0.549. The van der Waals surface area contributed by atoms with Gasteiger partial charge in [0.15, 0.2) is 5.82 Å². The molecule has 0 radical (unpaired) electrons. The highest BCUT2D eigenvalue weighted by Gasteiger charge is 2.17. The summed E-state index contributed by atoms with van der Waals surface area (Å²) in [7, 11) is 0. The second-order valence-corrected chi connectivity index (χ2v) is 7.94. The minimum absolute atomic E-state index is 0.107. The molecule has 31 heavy (non-hydrogen) atoms. The lowest BCUT2D eigenvalue weighted by molar-refractivity contribution is -0.115. The number of rotatable bonds is 4. The minimum atomic E-state index is -0.107. The van der Waals surface area contributed by atoms with E-state index in [1.807, 2.05) is 38.1 Å². The van der Waals surface area contributed by atoms with E-state index in [2.05, 4.69) is 35.1 Å². The lowest BCUT2D eigenvalue weighted by atomic mass is 10.1. The van der Waals surface area contributed by atoms with Crippen LogP contribution in [0.4, 0.5) is 5.69 Å². The third-order valence-corrected chi connectivity index (χ3v) is 5.84. The van der Waals surface area contributed by atoms with Crippen molar-refractivity contribution in [2.45, 2.75) is 52.5 Å². The molecule has 0 unspecified atom stereocenters. The second kappa shape index (κ2) is 7.90. The molecule has 0 spiro atoms. The molecular formula is C22H24N8O. The van der Waals surface area contributed by atoms with Gasteiger partial charge < -0.3 is 9.88 Å². The predicted octanol–water partition coefficient (Wildman–Crippen LogP) is 2.91. The number of hydrogen-bond acceptors (Lipinski definition) is 6. The average Bonchev–Trinajstić information content (AvgIpc) is 3.32. The predicted molar refractivity (Wildman–Crippen MR) is 116 cm³/mol.